The van der Waals surface area contributed by atoms with Gasteiger partial charge in [0, 0.05) is 10.9 Å². The lowest BCUT2D eigenvalue weighted by Crippen LogP contribution is -2.01. The molecule has 3 aromatic carbocycles. The number of aryl methyl sites for hydroxylation is 2. The largest absolute Gasteiger partial charge is 0.489 e. The number of carboxylic acids is 1. The lowest BCUT2D eigenvalue weighted by molar-refractivity contribution is -0.136. The molecule has 0 amide bonds. The van der Waals surface area contributed by atoms with Gasteiger partial charge in [-0.05, 0) is 72.0 Å². The van der Waals surface area contributed by atoms with Gasteiger partial charge in [0.15, 0.2) is 0 Å². The maximum Gasteiger partial charge on any atom is 0.307 e. The van der Waals surface area contributed by atoms with E-state index >= 15 is 0 Å². The first-order chi connectivity index (χ1) is 14.0. The average molecular weight is 385 g/mol. The molecule has 0 aliphatic carbocycles. The van der Waals surface area contributed by atoms with Crippen molar-refractivity contribution in [1.29, 1.82) is 0 Å². The van der Waals surface area contributed by atoms with Crippen molar-refractivity contribution in [3.05, 3.63) is 89.0 Å². The van der Waals surface area contributed by atoms with Crippen LogP contribution in [0, 0.1) is 13.8 Å². The Morgan fingerprint density at radius 3 is 2.41 bits per heavy atom. The van der Waals surface area contributed by atoms with Crippen molar-refractivity contribution in [2.45, 2.75) is 26.9 Å². The van der Waals surface area contributed by atoms with Crippen LogP contribution in [0.25, 0.3) is 22.2 Å². The van der Waals surface area contributed by atoms with E-state index in [0.29, 0.717) is 6.61 Å². The van der Waals surface area contributed by atoms with Gasteiger partial charge in [0.05, 0.1) is 12.1 Å². The molecule has 2 N–H and O–H groups in total. The number of nitrogens with one attached hydrogen (secondary N) is 1. The molecule has 0 aliphatic heterocycles. The van der Waals surface area contributed by atoms with Gasteiger partial charge < -0.3 is 14.8 Å². The lowest BCUT2D eigenvalue weighted by Gasteiger charge is -2.08. The fraction of sp³-hybridized carbons (Fsp3) is 0.160. The molecule has 0 radical (unpaired) electrons. The molecule has 4 rings (SSSR count). The molecule has 1 aromatic heterocycles. The highest BCUT2D eigenvalue weighted by atomic mass is 16.5. The molecular formula is C25H23NO3. The quantitative estimate of drug-likeness (QED) is 0.450. The minimum Gasteiger partial charge on any atom is -0.489 e. The predicted molar refractivity (Wildman–Crippen MR) is 115 cm³/mol. The molecule has 0 aliphatic rings. The Balaban J connectivity index is 1.67. The van der Waals surface area contributed by atoms with E-state index in [9.17, 15) is 9.90 Å². The maximum atomic E-state index is 11.5. The van der Waals surface area contributed by atoms with Gasteiger partial charge in [0.2, 0.25) is 0 Å². The molecule has 0 fully saturated rings. The average Bonchev–Trinajstić information content (AvgIpc) is 3.05. The summed E-state index contributed by atoms with van der Waals surface area (Å²) < 4.78 is 5.87. The number of carboxylic acid groups (broad SMARTS) is 1. The molecule has 4 heteroatoms. The minimum atomic E-state index is -0.838. The lowest BCUT2D eigenvalue weighted by atomic mass is 9.99. The number of aromatic amines is 1. The topological polar surface area (TPSA) is 62.3 Å². The Morgan fingerprint density at radius 2 is 1.72 bits per heavy atom. The van der Waals surface area contributed by atoms with E-state index in [1.54, 1.807) is 0 Å². The molecular weight excluding hydrogens is 362 g/mol. The van der Waals surface area contributed by atoms with Gasteiger partial charge in [0.25, 0.3) is 0 Å². The number of aromatic nitrogens is 1. The molecule has 0 saturated heterocycles. The fourth-order valence-corrected chi connectivity index (χ4v) is 3.83. The normalized spacial score (nSPS) is 11.0. The Bertz CT molecular complexity index is 1160. The molecule has 1 heterocycles. The first-order valence-electron chi connectivity index (χ1n) is 9.62. The Labute approximate surface area is 169 Å². The van der Waals surface area contributed by atoms with Crippen LogP contribution in [0.1, 0.15) is 22.3 Å². The van der Waals surface area contributed by atoms with Gasteiger partial charge in [-0.1, -0.05) is 36.4 Å². The second-order valence-corrected chi connectivity index (χ2v) is 7.35. The molecule has 146 valence electrons. The summed E-state index contributed by atoms with van der Waals surface area (Å²) in [6.45, 7) is 4.58. The van der Waals surface area contributed by atoms with Gasteiger partial charge in [-0.2, -0.15) is 0 Å². The highest BCUT2D eigenvalue weighted by Gasteiger charge is 2.18. The summed E-state index contributed by atoms with van der Waals surface area (Å²) in [5.41, 5.74) is 6.94. The van der Waals surface area contributed by atoms with Gasteiger partial charge in [-0.15, -0.1) is 0 Å². The zero-order valence-electron chi connectivity index (χ0n) is 16.5. The van der Waals surface area contributed by atoms with Crippen molar-refractivity contribution in [3.63, 3.8) is 0 Å². The van der Waals surface area contributed by atoms with E-state index in [4.69, 9.17) is 4.74 Å². The molecule has 0 spiro atoms. The van der Waals surface area contributed by atoms with E-state index in [2.05, 4.69) is 17.1 Å². The fourth-order valence-electron chi connectivity index (χ4n) is 3.83. The first-order valence-corrected chi connectivity index (χ1v) is 9.62. The number of hydrogen-bond donors (Lipinski definition) is 2. The molecule has 0 bridgehead atoms. The Kier molecular flexibility index (Phi) is 5.09. The van der Waals surface area contributed by atoms with Gasteiger partial charge >= 0.3 is 5.97 Å². The van der Waals surface area contributed by atoms with E-state index in [0.717, 1.165) is 50.2 Å². The van der Waals surface area contributed by atoms with Crippen LogP contribution in [-0.2, 0) is 17.8 Å². The van der Waals surface area contributed by atoms with Crippen LogP contribution in [0.5, 0.6) is 5.75 Å². The third-order valence-corrected chi connectivity index (χ3v) is 5.06. The van der Waals surface area contributed by atoms with Crippen LogP contribution < -0.4 is 4.74 Å². The predicted octanol–water partition coefficient (Wildman–Crippen LogP) is 5.66. The van der Waals surface area contributed by atoms with Crippen molar-refractivity contribution in [3.8, 4) is 17.0 Å². The smallest absolute Gasteiger partial charge is 0.307 e. The standard InChI is InChI=1S/C25H23NO3/c1-16-12-17(2)24-21(14-23(27)28)25(26-22(24)13-16)19-8-10-20(11-9-19)29-15-18-6-4-3-5-7-18/h3-13,26H,14-15H2,1-2H3,(H,27,28). The number of ether oxygens (including phenoxy) is 1. The van der Waals surface area contributed by atoms with Crippen LogP contribution in [0.15, 0.2) is 66.7 Å². The summed E-state index contributed by atoms with van der Waals surface area (Å²) in [7, 11) is 0. The van der Waals surface area contributed by atoms with E-state index in [-0.39, 0.29) is 6.42 Å². The van der Waals surface area contributed by atoms with Crippen molar-refractivity contribution >= 4 is 16.9 Å². The van der Waals surface area contributed by atoms with Gasteiger partial charge in [-0.25, -0.2) is 0 Å². The number of rotatable bonds is 6. The van der Waals surface area contributed by atoms with Crippen molar-refractivity contribution < 1.29 is 14.6 Å². The van der Waals surface area contributed by atoms with Crippen molar-refractivity contribution in [2.24, 2.45) is 0 Å². The SMILES string of the molecule is Cc1cc(C)c2c(CC(=O)O)c(-c3ccc(OCc4ccccc4)cc3)[nH]c2c1. The summed E-state index contributed by atoms with van der Waals surface area (Å²) in [6.07, 6.45) is -0.0223. The molecule has 0 unspecified atom stereocenters. The van der Waals surface area contributed by atoms with Crippen LogP contribution in [0.4, 0.5) is 0 Å². The summed E-state index contributed by atoms with van der Waals surface area (Å²) >= 11 is 0. The van der Waals surface area contributed by atoms with Gasteiger partial charge in [0.1, 0.15) is 12.4 Å². The summed E-state index contributed by atoms with van der Waals surface area (Å²) in [4.78, 5) is 15.0. The van der Waals surface area contributed by atoms with Crippen LogP contribution in [0.2, 0.25) is 0 Å². The second kappa shape index (κ2) is 7.84. The second-order valence-electron chi connectivity index (χ2n) is 7.35. The monoisotopic (exact) mass is 385 g/mol. The molecule has 29 heavy (non-hydrogen) atoms. The third-order valence-electron chi connectivity index (χ3n) is 5.06. The number of hydrogen-bond acceptors (Lipinski definition) is 2. The summed E-state index contributed by atoms with van der Waals surface area (Å²) in [5.74, 6) is -0.0598. The highest BCUT2D eigenvalue weighted by Crippen LogP contribution is 2.34. The first kappa shape index (κ1) is 18.8. The Hall–Kier alpha value is -3.53. The zero-order chi connectivity index (χ0) is 20.4. The number of benzene rings is 3. The van der Waals surface area contributed by atoms with E-state index in [1.807, 2.05) is 68.4 Å². The van der Waals surface area contributed by atoms with Gasteiger partial charge in [-0.3, -0.25) is 4.79 Å². The van der Waals surface area contributed by atoms with Crippen LogP contribution in [0.3, 0.4) is 0 Å². The van der Waals surface area contributed by atoms with E-state index in [1.165, 1.54) is 0 Å². The summed E-state index contributed by atoms with van der Waals surface area (Å²) in [5, 5.41) is 10.4. The van der Waals surface area contributed by atoms with Crippen molar-refractivity contribution in [1.82, 2.24) is 4.98 Å². The zero-order valence-corrected chi connectivity index (χ0v) is 16.5. The maximum absolute atomic E-state index is 11.5. The third kappa shape index (κ3) is 4.02. The molecule has 4 aromatic rings. The minimum absolute atomic E-state index is 0.0223. The molecule has 0 atom stereocenters. The molecule has 0 saturated carbocycles. The van der Waals surface area contributed by atoms with Crippen molar-refractivity contribution in [2.75, 3.05) is 0 Å². The van der Waals surface area contributed by atoms with Crippen LogP contribution >= 0.6 is 0 Å². The number of H-pyrrole nitrogens is 1. The number of aliphatic carboxylic acids is 1. The molecule has 4 nitrogen and oxygen atoms in total. The van der Waals surface area contributed by atoms with E-state index < -0.39 is 5.97 Å². The highest BCUT2D eigenvalue weighted by molar-refractivity contribution is 5.96. The number of carbonyl (C=O) groups is 1. The Morgan fingerprint density at radius 1 is 1.00 bits per heavy atom. The van der Waals surface area contributed by atoms with Crippen LogP contribution in [-0.4, -0.2) is 16.1 Å². The summed E-state index contributed by atoms with van der Waals surface area (Å²) in [6, 6.07) is 22.0. The number of fused-ring (bicyclic) bond motifs is 1.